The fraction of sp³-hybridized carbons (Fsp3) is 0.429. The molecule has 0 spiro atoms. The van der Waals surface area contributed by atoms with Crippen molar-refractivity contribution in [3.63, 3.8) is 0 Å². The first kappa shape index (κ1) is 22.4. The van der Waals surface area contributed by atoms with Gasteiger partial charge in [-0.2, -0.15) is 0 Å². The first-order valence-corrected chi connectivity index (χ1v) is 10.2. The van der Waals surface area contributed by atoms with Crippen LogP contribution >= 0.6 is 23.7 Å². The van der Waals surface area contributed by atoms with E-state index in [1.54, 1.807) is 6.92 Å². The van der Waals surface area contributed by atoms with E-state index >= 15 is 0 Å². The van der Waals surface area contributed by atoms with Crippen LogP contribution in [0.25, 0.3) is 0 Å². The SMILES string of the molecule is CCOC(=O)c1c(NC(=O)Cc2cccc(C)c2)sc2c1CCN(CC)C2.Cl. The molecule has 152 valence electrons. The number of nitrogens with zero attached hydrogens (tertiary/aromatic N) is 1. The Balaban J connectivity index is 0.00000280. The van der Waals surface area contributed by atoms with Gasteiger partial charge in [0.2, 0.25) is 5.91 Å². The number of aryl methyl sites for hydroxylation is 1. The van der Waals surface area contributed by atoms with Crippen LogP contribution in [0.5, 0.6) is 0 Å². The van der Waals surface area contributed by atoms with Gasteiger partial charge in [-0.15, -0.1) is 23.7 Å². The zero-order chi connectivity index (χ0) is 19.4. The number of anilines is 1. The van der Waals surface area contributed by atoms with Gasteiger partial charge < -0.3 is 10.1 Å². The van der Waals surface area contributed by atoms with E-state index < -0.39 is 0 Å². The molecular formula is C21H27ClN2O3S. The zero-order valence-electron chi connectivity index (χ0n) is 16.5. The average molecular weight is 423 g/mol. The Kier molecular flexibility index (Phi) is 8.04. The average Bonchev–Trinajstić information content (AvgIpc) is 2.98. The van der Waals surface area contributed by atoms with Crippen molar-refractivity contribution in [2.75, 3.05) is 25.0 Å². The molecule has 1 aromatic carbocycles. The van der Waals surface area contributed by atoms with Gasteiger partial charge in [0.25, 0.3) is 0 Å². The van der Waals surface area contributed by atoms with Crippen LogP contribution in [0.4, 0.5) is 5.00 Å². The van der Waals surface area contributed by atoms with Gasteiger partial charge in [-0.3, -0.25) is 9.69 Å². The molecule has 5 nitrogen and oxygen atoms in total. The van der Waals surface area contributed by atoms with E-state index in [1.807, 2.05) is 31.2 Å². The molecule has 7 heteroatoms. The maximum Gasteiger partial charge on any atom is 0.341 e. The first-order chi connectivity index (χ1) is 13.0. The van der Waals surface area contributed by atoms with E-state index in [0.717, 1.165) is 47.6 Å². The van der Waals surface area contributed by atoms with Gasteiger partial charge in [0.1, 0.15) is 5.00 Å². The van der Waals surface area contributed by atoms with E-state index in [-0.39, 0.29) is 30.7 Å². The number of carbonyl (C=O) groups is 2. The molecule has 1 aliphatic heterocycles. The molecule has 0 unspecified atom stereocenters. The second-order valence-electron chi connectivity index (χ2n) is 6.76. The predicted octanol–water partition coefficient (Wildman–Crippen LogP) is 4.21. The van der Waals surface area contributed by atoms with E-state index in [0.29, 0.717) is 17.2 Å². The Labute approximate surface area is 176 Å². The molecule has 1 N–H and O–H groups in total. The summed E-state index contributed by atoms with van der Waals surface area (Å²) in [6, 6.07) is 7.90. The van der Waals surface area contributed by atoms with E-state index in [2.05, 4.69) is 17.1 Å². The lowest BCUT2D eigenvalue weighted by molar-refractivity contribution is -0.115. The Morgan fingerprint density at radius 2 is 2.07 bits per heavy atom. The molecule has 0 fully saturated rings. The molecule has 0 bridgehead atoms. The number of likely N-dealkylation sites (N-methyl/N-ethyl adjacent to an activating group) is 1. The van der Waals surface area contributed by atoms with Crippen LogP contribution in [0.3, 0.4) is 0 Å². The molecule has 0 saturated carbocycles. The largest absolute Gasteiger partial charge is 0.462 e. The molecule has 1 amide bonds. The summed E-state index contributed by atoms with van der Waals surface area (Å²) in [5.74, 6) is -0.456. The van der Waals surface area contributed by atoms with Gasteiger partial charge in [0.05, 0.1) is 18.6 Å². The lowest BCUT2D eigenvalue weighted by Gasteiger charge is -2.25. The minimum absolute atomic E-state index is 0. The number of halogens is 1. The summed E-state index contributed by atoms with van der Waals surface area (Å²) in [5.41, 5.74) is 3.67. The number of rotatable bonds is 6. The van der Waals surface area contributed by atoms with Crippen LogP contribution in [0.15, 0.2) is 24.3 Å². The Morgan fingerprint density at radius 1 is 1.29 bits per heavy atom. The van der Waals surface area contributed by atoms with Gasteiger partial charge in [-0.25, -0.2) is 4.79 Å². The highest BCUT2D eigenvalue weighted by Crippen LogP contribution is 2.37. The number of ether oxygens (including phenoxy) is 1. The molecule has 0 radical (unpaired) electrons. The Morgan fingerprint density at radius 3 is 2.75 bits per heavy atom. The van der Waals surface area contributed by atoms with Crippen LogP contribution in [-0.4, -0.2) is 36.5 Å². The Hall–Kier alpha value is -1.89. The summed E-state index contributed by atoms with van der Waals surface area (Å²) in [6.45, 7) is 8.97. The summed E-state index contributed by atoms with van der Waals surface area (Å²) in [5, 5.41) is 3.59. The summed E-state index contributed by atoms with van der Waals surface area (Å²) in [4.78, 5) is 28.6. The molecule has 2 heterocycles. The van der Waals surface area contributed by atoms with Crippen molar-refractivity contribution in [2.24, 2.45) is 0 Å². The van der Waals surface area contributed by atoms with Crippen LogP contribution in [0, 0.1) is 6.92 Å². The summed E-state index contributed by atoms with van der Waals surface area (Å²) < 4.78 is 5.26. The first-order valence-electron chi connectivity index (χ1n) is 9.41. The third-order valence-corrected chi connectivity index (χ3v) is 5.90. The number of hydrogen-bond acceptors (Lipinski definition) is 5. The number of amides is 1. The quantitative estimate of drug-likeness (QED) is 0.708. The van der Waals surface area contributed by atoms with Gasteiger partial charge >= 0.3 is 5.97 Å². The monoisotopic (exact) mass is 422 g/mol. The predicted molar refractivity (Wildman–Crippen MR) is 116 cm³/mol. The fourth-order valence-corrected chi connectivity index (χ4v) is 4.71. The zero-order valence-corrected chi connectivity index (χ0v) is 18.2. The van der Waals surface area contributed by atoms with Gasteiger partial charge in [0, 0.05) is 18.0 Å². The highest BCUT2D eigenvalue weighted by molar-refractivity contribution is 7.17. The summed E-state index contributed by atoms with van der Waals surface area (Å²) in [6.07, 6.45) is 1.09. The number of nitrogens with one attached hydrogen (secondary N) is 1. The van der Waals surface area contributed by atoms with Crippen molar-refractivity contribution in [2.45, 2.75) is 40.2 Å². The number of thiophene rings is 1. The molecule has 3 rings (SSSR count). The minimum atomic E-state index is -0.342. The highest BCUT2D eigenvalue weighted by atomic mass is 35.5. The summed E-state index contributed by atoms with van der Waals surface area (Å²) >= 11 is 1.50. The van der Waals surface area contributed by atoms with Crippen molar-refractivity contribution in [1.29, 1.82) is 0 Å². The third kappa shape index (κ3) is 5.13. The van der Waals surface area contributed by atoms with Crippen molar-refractivity contribution in [1.82, 2.24) is 4.90 Å². The van der Waals surface area contributed by atoms with E-state index in [9.17, 15) is 9.59 Å². The number of carbonyl (C=O) groups excluding carboxylic acids is 2. The summed E-state index contributed by atoms with van der Waals surface area (Å²) in [7, 11) is 0. The maximum atomic E-state index is 12.6. The van der Waals surface area contributed by atoms with Gasteiger partial charge in [-0.05, 0) is 37.9 Å². The Bertz CT molecular complexity index is 850. The molecule has 0 atom stereocenters. The van der Waals surface area contributed by atoms with Crippen molar-refractivity contribution in [3.8, 4) is 0 Å². The normalized spacial score (nSPS) is 13.4. The molecular weight excluding hydrogens is 396 g/mol. The molecule has 0 saturated heterocycles. The number of benzene rings is 1. The number of fused-ring (bicyclic) bond motifs is 1. The molecule has 2 aromatic rings. The van der Waals surface area contributed by atoms with E-state index in [1.165, 1.54) is 11.3 Å². The number of esters is 1. The fourth-order valence-electron chi connectivity index (χ4n) is 3.41. The molecule has 0 aliphatic carbocycles. The van der Waals surface area contributed by atoms with Crippen LogP contribution in [0.2, 0.25) is 0 Å². The van der Waals surface area contributed by atoms with Crippen LogP contribution in [0.1, 0.15) is 45.8 Å². The van der Waals surface area contributed by atoms with Gasteiger partial charge in [0.15, 0.2) is 0 Å². The maximum absolute atomic E-state index is 12.6. The smallest absolute Gasteiger partial charge is 0.341 e. The minimum Gasteiger partial charge on any atom is -0.462 e. The topological polar surface area (TPSA) is 58.6 Å². The van der Waals surface area contributed by atoms with Crippen LogP contribution < -0.4 is 5.32 Å². The highest BCUT2D eigenvalue weighted by Gasteiger charge is 2.29. The number of hydrogen-bond donors (Lipinski definition) is 1. The van der Waals surface area contributed by atoms with Crippen LogP contribution in [-0.2, 0) is 28.9 Å². The van der Waals surface area contributed by atoms with Gasteiger partial charge in [-0.1, -0.05) is 36.8 Å². The molecule has 1 aromatic heterocycles. The lowest BCUT2D eigenvalue weighted by Crippen LogP contribution is -2.30. The second kappa shape index (κ2) is 10.0. The van der Waals surface area contributed by atoms with Crippen molar-refractivity contribution < 1.29 is 14.3 Å². The standard InChI is InChI=1S/C21H26N2O3S.ClH/c1-4-23-10-9-16-17(13-23)27-20(19(16)21(25)26-5-2)22-18(24)12-15-8-6-7-14(3)11-15;/h6-8,11H,4-5,9-10,12-13H2,1-3H3,(H,22,24);1H. The molecule has 1 aliphatic rings. The second-order valence-corrected chi connectivity index (χ2v) is 7.87. The van der Waals surface area contributed by atoms with Crippen molar-refractivity contribution >= 4 is 40.6 Å². The third-order valence-electron chi connectivity index (χ3n) is 4.76. The molecule has 28 heavy (non-hydrogen) atoms. The van der Waals surface area contributed by atoms with E-state index in [4.69, 9.17) is 4.74 Å². The van der Waals surface area contributed by atoms with Crippen molar-refractivity contribution in [3.05, 3.63) is 51.4 Å². The lowest BCUT2D eigenvalue weighted by atomic mass is 10.0.